The lowest BCUT2D eigenvalue weighted by Gasteiger charge is -2.08. The van der Waals surface area contributed by atoms with Crippen LogP contribution in [0.1, 0.15) is 0 Å². The van der Waals surface area contributed by atoms with Gasteiger partial charge < -0.3 is 9.88 Å². The second-order valence-electron chi connectivity index (χ2n) is 4.67. The number of carbonyl (C=O) groups excluding carboxylic acids is 1. The van der Waals surface area contributed by atoms with Crippen molar-refractivity contribution in [1.82, 2.24) is 4.57 Å². The van der Waals surface area contributed by atoms with Crippen molar-refractivity contribution in [1.29, 1.82) is 0 Å². The van der Waals surface area contributed by atoms with Gasteiger partial charge in [0.2, 0.25) is 5.91 Å². The normalized spacial score (nSPS) is 10.8. The minimum Gasteiger partial charge on any atom is -0.338 e. The van der Waals surface area contributed by atoms with Gasteiger partial charge in [0.25, 0.3) is 0 Å². The summed E-state index contributed by atoms with van der Waals surface area (Å²) in [7, 11) is 0. The standard InChI is InChI=1S/C16H12BrFN2O/c17-11-3-1-4-12(9-11)19-16(21)10-20-8-7-13-14(18)5-2-6-15(13)20/h1-9H,10H2,(H,19,21). The van der Waals surface area contributed by atoms with E-state index >= 15 is 0 Å². The molecule has 1 N–H and O–H groups in total. The molecule has 0 radical (unpaired) electrons. The minimum atomic E-state index is -0.279. The summed E-state index contributed by atoms with van der Waals surface area (Å²) in [5, 5.41) is 3.34. The number of aromatic nitrogens is 1. The van der Waals surface area contributed by atoms with Gasteiger partial charge in [0, 0.05) is 21.7 Å². The number of fused-ring (bicyclic) bond motifs is 1. The van der Waals surface area contributed by atoms with Gasteiger partial charge in [-0.1, -0.05) is 28.1 Å². The molecule has 3 rings (SSSR count). The summed E-state index contributed by atoms with van der Waals surface area (Å²) in [4.78, 5) is 12.1. The average Bonchev–Trinajstić information content (AvgIpc) is 2.83. The Bertz CT molecular complexity index is 813. The fourth-order valence-electron chi connectivity index (χ4n) is 2.25. The molecule has 5 heteroatoms. The zero-order chi connectivity index (χ0) is 14.8. The van der Waals surface area contributed by atoms with Gasteiger partial charge in [0.05, 0.1) is 5.52 Å². The zero-order valence-electron chi connectivity index (χ0n) is 11.0. The molecule has 3 nitrogen and oxygen atoms in total. The highest BCUT2D eigenvalue weighted by Gasteiger charge is 2.09. The first-order valence-electron chi connectivity index (χ1n) is 6.42. The molecule has 0 atom stereocenters. The number of anilines is 1. The quantitative estimate of drug-likeness (QED) is 0.758. The number of amides is 1. The van der Waals surface area contributed by atoms with Gasteiger partial charge in [-0.2, -0.15) is 0 Å². The minimum absolute atomic E-state index is 0.138. The first-order valence-corrected chi connectivity index (χ1v) is 7.21. The van der Waals surface area contributed by atoms with Crippen molar-refractivity contribution >= 4 is 38.4 Å². The second-order valence-corrected chi connectivity index (χ2v) is 5.59. The van der Waals surface area contributed by atoms with Crippen LogP contribution < -0.4 is 5.32 Å². The lowest BCUT2D eigenvalue weighted by molar-refractivity contribution is -0.116. The molecular weight excluding hydrogens is 335 g/mol. The molecule has 0 aliphatic heterocycles. The number of nitrogens with one attached hydrogen (secondary N) is 1. The highest BCUT2D eigenvalue weighted by Crippen LogP contribution is 2.19. The third-order valence-corrected chi connectivity index (χ3v) is 3.68. The van der Waals surface area contributed by atoms with E-state index in [0.717, 1.165) is 10.2 Å². The van der Waals surface area contributed by atoms with Crippen molar-refractivity contribution in [3.8, 4) is 0 Å². The molecule has 106 valence electrons. The number of hydrogen-bond donors (Lipinski definition) is 1. The van der Waals surface area contributed by atoms with Gasteiger partial charge in [-0.25, -0.2) is 4.39 Å². The fraction of sp³-hybridized carbons (Fsp3) is 0.0625. The van der Waals surface area contributed by atoms with E-state index in [2.05, 4.69) is 21.2 Å². The lowest BCUT2D eigenvalue weighted by Crippen LogP contribution is -2.18. The van der Waals surface area contributed by atoms with Crippen molar-refractivity contribution in [3.63, 3.8) is 0 Å². The van der Waals surface area contributed by atoms with Crippen molar-refractivity contribution in [2.75, 3.05) is 5.32 Å². The summed E-state index contributed by atoms with van der Waals surface area (Å²) in [6.45, 7) is 0.138. The van der Waals surface area contributed by atoms with Gasteiger partial charge in [-0.15, -0.1) is 0 Å². The molecule has 1 amide bonds. The van der Waals surface area contributed by atoms with E-state index < -0.39 is 0 Å². The largest absolute Gasteiger partial charge is 0.338 e. The maximum absolute atomic E-state index is 13.6. The van der Waals surface area contributed by atoms with Crippen LogP contribution in [-0.4, -0.2) is 10.5 Å². The van der Waals surface area contributed by atoms with Crippen LogP contribution in [-0.2, 0) is 11.3 Å². The van der Waals surface area contributed by atoms with Gasteiger partial charge in [0.15, 0.2) is 0 Å². The van der Waals surface area contributed by atoms with Gasteiger partial charge in [-0.05, 0) is 36.4 Å². The van der Waals surface area contributed by atoms with E-state index in [1.165, 1.54) is 6.07 Å². The van der Waals surface area contributed by atoms with Crippen molar-refractivity contribution in [2.45, 2.75) is 6.54 Å². The van der Waals surface area contributed by atoms with Crippen molar-refractivity contribution < 1.29 is 9.18 Å². The van der Waals surface area contributed by atoms with Crippen LogP contribution in [0, 0.1) is 5.82 Å². The number of rotatable bonds is 3. The summed E-state index contributed by atoms with van der Waals surface area (Å²) < 4.78 is 16.2. The van der Waals surface area contributed by atoms with Gasteiger partial charge in [0.1, 0.15) is 12.4 Å². The Labute approximate surface area is 129 Å². The smallest absolute Gasteiger partial charge is 0.244 e. The van der Waals surface area contributed by atoms with E-state index in [4.69, 9.17) is 0 Å². The third kappa shape index (κ3) is 2.97. The number of benzene rings is 2. The highest BCUT2D eigenvalue weighted by molar-refractivity contribution is 9.10. The first kappa shape index (κ1) is 13.8. The number of nitrogens with zero attached hydrogens (tertiary/aromatic N) is 1. The van der Waals surface area contributed by atoms with Crippen LogP contribution in [0.25, 0.3) is 10.9 Å². The Morgan fingerprint density at radius 1 is 1.19 bits per heavy atom. The maximum Gasteiger partial charge on any atom is 0.244 e. The van der Waals surface area contributed by atoms with Crippen LogP contribution in [0.3, 0.4) is 0 Å². The highest BCUT2D eigenvalue weighted by atomic mass is 79.9. The van der Waals surface area contributed by atoms with Crippen LogP contribution >= 0.6 is 15.9 Å². The molecule has 0 unspecified atom stereocenters. The Morgan fingerprint density at radius 3 is 2.81 bits per heavy atom. The number of halogens is 2. The zero-order valence-corrected chi connectivity index (χ0v) is 12.6. The summed E-state index contributed by atoms with van der Waals surface area (Å²) >= 11 is 3.36. The van der Waals surface area contributed by atoms with Crippen LogP contribution in [0.15, 0.2) is 59.2 Å². The first-order chi connectivity index (χ1) is 10.1. The molecule has 0 aliphatic rings. The SMILES string of the molecule is O=C(Cn1ccc2c(F)cccc21)Nc1cccc(Br)c1. The predicted molar refractivity (Wildman–Crippen MR) is 84.7 cm³/mol. The van der Waals surface area contributed by atoms with Crippen molar-refractivity contribution in [2.24, 2.45) is 0 Å². The maximum atomic E-state index is 13.6. The Kier molecular flexibility index (Phi) is 3.75. The molecule has 0 fully saturated rings. The molecule has 21 heavy (non-hydrogen) atoms. The van der Waals surface area contributed by atoms with Crippen LogP contribution in [0.4, 0.5) is 10.1 Å². The molecule has 3 aromatic rings. The van der Waals surface area contributed by atoms with Crippen LogP contribution in [0.5, 0.6) is 0 Å². The van der Waals surface area contributed by atoms with E-state index in [9.17, 15) is 9.18 Å². The molecule has 0 saturated heterocycles. The topological polar surface area (TPSA) is 34.0 Å². The molecular formula is C16H12BrFN2O. The summed E-state index contributed by atoms with van der Waals surface area (Å²) in [6, 6.07) is 13.9. The summed E-state index contributed by atoms with van der Waals surface area (Å²) in [6.07, 6.45) is 1.72. The Balaban J connectivity index is 1.79. The van der Waals surface area contributed by atoms with Crippen molar-refractivity contribution in [3.05, 3.63) is 65.0 Å². The van der Waals surface area contributed by atoms with E-state index in [1.54, 1.807) is 29.0 Å². The van der Waals surface area contributed by atoms with E-state index in [1.807, 2.05) is 24.3 Å². The predicted octanol–water partition coefficient (Wildman–Crippen LogP) is 4.18. The van der Waals surface area contributed by atoms with Gasteiger partial charge >= 0.3 is 0 Å². The third-order valence-electron chi connectivity index (χ3n) is 3.18. The lowest BCUT2D eigenvalue weighted by atomic mass is 10.2. The Morgan fingerprint density at radius 2 is 2.00 bits per heavy atom. The van der Waals surface area contributed by atoms with Gasteiger partial charge in [-0.3, -0.25) is 4.79 Å². The average molecular weight is 347 g/mol. The molecule has 0 saturated carbocycles. The molecule has 1 aromatic heterocycles. The van der Waals surface area contributed by atoms with Crippen LogP contribution in [0.2, 0.25) is 0 Å². The van der Waals surface area contributed by atoms with E-state index in [-0.39, 0.29) is 18.3 Å². The molecule has 2 aromatic carbocycles. The molecule has 1 heterocycles. The molecule has 0 bridgehead atoms. The fourth-order valence-corrected chi connectivity index (χ4v) is 2.64. The summed E-state index contributed by atoms with van der Waals surface area (Å²) in [5.74, 6) is -0.437. The monoisotopic (exact) mass is 346 g/mol. The molecule has 0 spiro atoms. The summed E-state index contributed by atoms with van der Waals surface area (Å²) in [5.41, 5.74) is 1.43. The molecule has 0 aliphatic carbocycles. The number of carbonyl (C=O) groups is 1. The Hall–Kier alpha value is -2.14. The van der Waals surface area contributed by atoms with E-state index in [0.29, 0.717) is 10.9 Å². The second kappa shape index (κ2) is 5.69. The number of hydrogen-bond acceptors (Lipinski definition) is 1.